The monoisotopic (exact) mass is 344 g/mol. The summed E-state index contributed by atoms with van der Waals surface area (Å²) < 4.78 is 5.77. The van der Waals surface area contributed by atoms with Gasteiger partial charge in [-0.05, 0) is 38.0 Å². The van der Waals surface area contributed by atoms with E-state index in [4.69, 9.17) is 4.74 Å². The second-order valence-corrected chi connectivity index (χ2v) is 7.40. The maximum absolute atomic E-state index is 12.5. The Labute approximate surface area is 147 Å². The first-order valence-electron chi connectivity index (χ1n) is 8.65. The van der Waals surface area contributed by atoms with Crippen LogP contribution in [0.4, 0.5) is 0 Å². The predicted molar refractivity (Wildman–Crippen MR) is 96.6 cm³/mol. The van der Waals surface area contributed by atoms with Crippen molar-refractivity contribution in [3.8, 4) is 5.75 Å². The molecule has 1 saturated carbocycles. The summed E-state index contributed by atoms with van der Waals surface area (Å²) in [5.74, 6) is 0.700. The first-order chi connectivity index (χ1) is 11.7. The minimum absolute atomic E-state index is 0.00291. The van der Waals surface area contributed by atoms with Crippen LogP contribution in [0.15, 0.2) is 29.6 Å². The van der Waals surface area contributed by atoms with Crippen LogP contribution in [0, 0.1) is 6.92 Å². The Hall–Kier alpha value is -1.88. The fraction of sp³-hybridized carbons (Fsp3) is 0.474. The van der Waals surface area contributed by atoms with Gasteiger partial charge in [0.05, 0.1) is 10.7 Å². The number of amides is 1. The molecule has 0 bridgehead atoms. The molecule has 0 aliphatic heterocycles. The number of hydrogen-bond acceptors (Lipinski definition) is 4. The Morgan fingerprint density at radius 1 is 1.29 bits per heavy atom. The maximum atomic E-state index is 12.5. The molecule has 0 radical (unpaired) electrons. The molecule has 24 heavy (non-hydrogen) atoms. The quantitative estimate of drug-likeness (QED) is 0.814. The lowest BCUT2D eigenvalue weighted by Crippen LogP contribution is -2.34. The Morgan fingerprint density at radius 3 is 2.79 bits per heavy atom. The number of carbonyl (C=O) groups is 1. The highest BCUT2D eigenvalue weighted by Gasteiger charge is 2.16. The van der Waals surface area contributed by atoms with Crippen LogP contribution in [0.25, 0.3) is 0 Å². The SMILES string of the molecule is Cc1nc(COc2cccc(C(=O)NC3CCCCCC3)c2)cs1. The molecule has 1 aromatic carbocycles. The van der Waals surface area contributed by atoms with Crippen molar-refractivity contribution >= 4 is 17.2 Å². The second-order valence-electron chi connectivity index (χ2n) is 6.34. The molecule has 1 heterocycles. The predicted octanol–water partition coefficient (Wildman–Crippen LogP) is 4.48. The first-order valence-corrected chi connectivity index (χ1v) is 9.53. The highest BCUT2D eigenvalue weighted by atomic mass is 32.1. The van der Waals surface area contributed by atoms with Gasteiger partial charge >= 0.3 is 0 Å². The number of nitrogens with one attached hydrogen (secondary N) is 1. The first kappa shape index (κ1) is 17.0. The summed E-state index contributed by atoms with van der Waals surface area (Å²) in [4.78, 5) is 16.9. The summed E-state index contributed by atoms with van der Waals surface area (Å²) >= 11 is 1.61. The molecule has 1 aromatic heterocycles. The molecule has 4 nitrogen and oxygen atoms in total. The fourth-order valence-electron chi connectivity index (χ4n) is 3.05. The van der Waals surface area contributed by atoms with Gasteiger partial charge in [0.25, 0.3) is 5.91 Å². The van der Waals surface area contributed by atoms with E-state index >= 15 is 0 Å². The van der Waals surface area contributed by atoms with Gasteiger partial charge in [-0.15, -0.1) is 11.3 Å². The zero-order chi connectivity index (χ0) is 16.8. The molecule has 1 fully saturated rings. The van der Waals surface area contributed by atoms with E-state index in [2.05, 4.69) is 10.3 Å². The number of nitrogens with zero attached hydrogens (tertiary/aromatic N) is 1. The van der Waals surface area contributed by atoms with Crippen LogP contribution < -0.4 is 10.1 Å². The lowest BCUT2D eigenvalue weighted by molar-refractivity contribution is 0.0933. The van der Waals surface area contributed by atoms with Gasteiger partial charge in [-0.25, -0.2) is 4.98 Å². The third-order valence-electron chi connectivity index (χ3n) is 4.34. The normalized spacial score (nSPS) is 15.7. The Balaban J connectivity index is 1.58. The van der Waals surface area contributed by atoms with E-state index in [9.17, 15) is 4.79 Å². The van der Waals surface area contributed by atoms with E-state index in [0.717, 1.165) is 23.5 Å². The number of aryl methyl sites for hydroxylation is 1. The van der Waals surface area contributed by atoms with Gasteiger partial charge in [0, 0.05) is 17.0 Å². The molecule has 1 aliphatic carbocycles. The standard InChI is InChI=1S/C19H24N2O2S/c1-14-20-17(13-24-14)12-23-18-10-6-7-15(11-18)19(22)21-16-8-4-2-3-5-9-16/h6-7,10-11,13,16H,2-5,8-9,12H2,1H3,(H,21,22). The summed E-state index contributed by atoms with van der Waals surface area (Å²) in [5.41, 5.74) is 1.58. The minimum Gasteiger partial charge on any atom is -0.487 e. The van der Waals surface area contributed by atoms with Crippen LogP contribution >= 0.6 is 11.3 Å². The minimum atomic E-state index is -0.00291. The molecular weight excluding hydrogens is 320 g/mol. The van der Waals surface area contributed by atoms with Gasteiger partial charge < -0.3 is 10.1 Å². The lowest BCUT2D eigenvalue weighted by atomic mass is 10.1. The number of rotatable bonds is 5. The molecule has 2 aromatic rings. The number of ether oxygens (including phenoxy) is 1. The summed E-state index contributed by atoms with van der Waals surface area (Å²) in [6, 6.07) is 7.70. The fourth-order valence-corrected chi connectivity index (χ4v) is 3.65. The van der Waals surface area contributed by atoms with Crippen LogP contribution in [-0.2, 0) is 6.61 Å². The van der Waals surface area contributed by atoms with Crippen LogP contribution in [-0.4, -0.2) is 16.9 Å². The lowest BCUT2D eigenvalue weighted by Gasteiger charge is -2.16. The van der Waals surface area contributed by atoms with Crippen molar-refractivity contribution in [1.82, 2.24) is 10.3 Å². The number of benzene rings is 1. The molecule has 0 saturated heterocycles. The third kappa shape index (κ3) is 4.81. The van der Waals surface area contributed by atoms with Crippen molar-refractivity contribution in [2.45, 2.75) is 58.1 Å². The third-order valence-corrected chi connectivity index (χ3v) is 5.16. The number of carbonyl (C=O) groups excluding carboxylic acids is 1. The smallest absolute Gasteiger partial charge is 0.251 e. The molecule has 1 N–H and O–H groups in total. The van der Waals surface area contributed by atoms with Crippen molar-refractivity contribution in [3.05, 3.63) is 45.9 Å². The Morgan fingerprint density at radius 2 is 2.08 bits per heavy atom. The molecule has 128 valence electrons. The number of thiazole rings is 1. The van der Waals surface area contributed by atoms with Gasteiger partial charge in [0.2, 0.25) is 0 Å². The Bertz CT molecular complexity index is 676. The molecule has 5 heteroatoms. The van der Waals surface area contributed by atoms with Crippen LogP contribution in [0.3, 0.4) is 0 Å². The van der Waals surface area contributed by atoms with Gasteiger partial charge in [0.15, 0.2) is 0 Å². The summed E-state index contributed by atoms with van der Waals surface area (Å²) in [7, 11) is 0. The molecule has 0 spiro atoms. The van der Waals surface area contributed by atoms with E-state index in [1.54, 1.807) is 11.3 Å². The van der Waals surface area contributed by atoms with Gasteiger partial charge in [-0.3, -0.25) is 4.79 Å². The van der Waals surface area contributed by atoms with Crippen molar-refractivity contribution in [2.75, 3.05) is 0 Å². The molecular formula is C19H24N2O2S. The van der Waals surface area contributed by atoms with Crippen LogP contribution in [0.1, 0.15) is 59.6 Å². The summed E-state index contributed by atoms with van der Waals surface area (Å²) in [6.07, 6.45) is 7.16. The van der Waals surface area contributed by atoms with Crippen molar-refractivity contribution < 1.29 is 9.53 Å². The Kier molecular flexibility index (Phi) is 5.86. The van der Waals surface area contributed by atoms with Crippen LogP contribution in [0.5, 0.6) is 5.75 Å². The molecule has 1 aliphatic rings. The highest BCUT2D eigenvalue weighted by molar-refractivity contribution is 7.09. The number of hydrogen-bond donors (Lipinski definition) is 1. The summed E-state index contributed by atoms with van der Waals surface area (Å²) in [5, 5.41) is 6.20. The van der Waals surface area contributed by atoms with E-state index in [1.807, 2.05) is 36.6 Å². The maximum Gasteiger partial charge on any atom is 0.251 e. The van der Waals surface area contributed by atoms with Gasteiger partial charge in [-0.1, -0.05) is 31.7 Å². The van der Waals surface area contributed by atoms with E-state index in [0.29, 0.717) is 24.0 Å². The summed E-state index contributed by atoms with van der Waals surface area (Å²) in [6.45, 7) is 2.41. The zero-order valence-electron chi connectivity index (χ0n) is 14.1. The van der Waals surface area contributed by atoms with Crippen molar-refractivity contribution in [3.63, 3.8) is 0 Å². The van der Waals surface area contributed by atoms with Crippen molar-refractivity contribution in [2.24, 2.45) is 0 Å². The largest absolute Gasteiger partial charge is 0.487 e. The average molecular weight is 344 g/mol. The number of aromatic nitrogens is 1. The topological polar surface area (TPSA) is 51.2 Å². The molecule has 0 unspecified atom stereocenters. The molecule has 1 amide bonds. The zero-order valence-corrected chi connectivity index (χ0v) is 14.9. The van der Waals surface area contributed by atoms with E-state index in [-0.39, 0.29) is 5.91 Å². The molecule has 0 atom stereocenters. The second kappa shape index (κ2) is 8.29. The van der Waals surface area contributed by atoms with Crippen molar-refractivity contribution in [1.29, 1.82) is 0 Å². The van der Waals surface area contributed by atoms with Gasteiger partial charge in [-0.2, -0.15) is 0 Å². The van der Waals surface area contributed by atoms with Gasteiger partial charge in [0.1, 0.15) is 12.4 Å². The van der Waals surface area contributed by atoms with E-state index < -0.39 is 0 Å². The highest BCUT2D eigenvalue weighted by Crippen LogP contribution is 2.19. The molecule has 3 rings (SSSR count). The van der Waals surface area contributed by atoms with Crippen LogP contribution in [0.2, 0.25) is 0 Å². The average Bonchev–Trinajstić information content (AvgIpc) is 2.84. The van der Waals surface area contributed by atoms with E-state index in [1.165, 1.54) is 25.7 Å².